The largest absolute Gasteiger partial charge is 0.409 e. The fourth-order valence-electron chi connectivity index (χ4n) is 2.02. The molecule has 108 valence electrons. The number of hydrogen-bond donors (Lipinski definition) is 3. The van der Waals surface area contributed by atoms with Gasteiger partial charge in [0, 0.05) is 30.5 Å². The number of carbonyl (C=O) groups is 1. The number of aromatic nitrogens is 1. The molecule has 0 aliphatic carbocycles. The standard InChI is InChI=1S/C13H18N4O3/c1-13(4-6-20-7-5-13)16-12(18)10-3-2-9(8-15-10)11(14)17-19/h2-3,8,19H,4-7H2,1H3,(H2,14,17)(H,16,18). The third-order valence-corrected chi connectivity index (χ3v) is 3.41. The summed E-state index contributed by atoms with van der Waals surface area (Å²) in [6.07, 6.45) is 2.96. The van der Waals surface area contributed by atoms with Gasteiger partial charge in [-0.1, -0.05) is 5.16 Å². The summed E-state index contributed by atoms with van der Waals surface area (Å²) in [5, 5.41) is 14.4. The van der Waals surface area contributed by atoms with Gasteiger partial charge < -0.3 is 21.0 Å². The number of nitrogens with two attached hydrogens (primary N) is 1. The van der Waals surface area contributed by atoms with E-state index in [0.29, 0.717) is 24.5 Å². The maximum absolute atomic E-state index is 12.1. The second-order valence-corrected chi connectivity index (χ2v) is 5.04. The van der Waals surface area contributed by atoms with Crippen molar-refractivity contribution >= 4 is 11.7 Å². The normalized spacial score (nSPS) is 18.6. The van der Waals surface area contributed by atoms with Crippen molar-refractivity contribution < 1.29 is 14.7 Å². The topological polar surface area (TPSA) is 110 Å². The van der Waals surface area contributed by atoms with E-state index in [1.54, 1.807) is 12.1 Å². The van der Waals surface area contributed by atoms with Gasteiger partial charge in [0.25, 0.3) is 5.91 Å². The van der Waals surface area contributed by atoms with Crippen molar-refractivity contribution in [1.82, 2.24) is 10.3 Å². The molecule has 1 amide bonds. The van der Waals surface area contributed by atoms with Crippen molar-refractivity contribution in [2.24, 2.45) is 10.9 Å². The Labute approximate surface area is 116 Å². The predicted octanol–water partition coefficient (Wildman–Crippen LogP) is 0.475. The average Bonchev–Trinajstić information content (AvgIpc) is 2.47. The molecule has 1 aromatic heterocycles. The van der Waals surface area contributed by atoms with Crippen LogP contribution in [0, 0.1) is 0 Å². The summed E-state index contributed by atoms with van der Waals surface area (Å²) in [6, 6.07) is 3.13. The van der Waals surface area contributed by atoms with Crippen LogP contribution in [0.1, 0.15) is 35.8 Å². The Bertz CT molecular complexity index is 507. The summed E-state index contributed by atoms with van der Waals surface area (Å²) in [6.45, 7) is 3.29. The highest BCUT2D eigenvalue weighted by Crippen LogP contribution is 2.20. The first-order valence-electron chi connectivity index (χ1n) is 6.38. The number of pyridine rings is 1. The van der Waals surface area contributed by atoms with E-state index in [1.165, 1.54) is 6.20 Å². The molecule has 0 bridgehead atoms. The molecule has 0 unspecified atom stereocenters. The van der Waals surface area contributed by atoms with Crippen molar-refractivity contribution in [2.75, 3.05) is 13.2 Å². The third kappa shape index (κ3) is 3.24. The molecule has 1 fully saturated rings. The monoisotopic (exact) mass is 278 g/mol. The van der Waals surface area contributed by atoms with Crippen molar-refractivity contribution in [3.63, 3.8) is 0 Å². The predicted molar refractivity (Wildman–Crippen MR) is 72.7 cm³/mol. The molecule has 0 aromatic carbocycles. The molecule has 7 nitrogen and oxygen atoms in total. The van der Waals surface area contributed by atoms with E-state index in [2.05, 4.69) is 15.5 Å². The highest BCUT2D eigenvalue weighted by atomic mass is 16.5. The number of amidine groups is 1. The molecule has 0 saturated carbocycles. The maximum atomic E-state index is 12.1. The SMILES string of the molecule is CC1(NC(=O)c2ccc(/C(N)=N/O)cn2)CCOCC1. The van der Waals surface area contributed by atoms with E-state index in [0.717, 1.165) is 12.8 Å². The van der Waals surface area contributed by atoms with E-state index in [1.807, 2.05) is 6.92 Å². The minimum atomic E-state index is -0.263. The van der Waals surface area contributed by atoms with E-state index in [9.17, 15) is 4.79 Å². The lowest BCUT2D eigenvalue weighted by molar-refractivity contribution is 0.0421. The van der Waals surface area contributed by atoms with Crippen LogP contribution in [-0.4, -0.2) is 40.7 Å². The van der Waals surface area contributed by atoms with Crippen LogP contribution in [0.5, 0.6) is 0 Å². The van der Waals surface area contributed by atoms with E-state index >= 15 is 0 Å². The summed E-state index contributed by atoms with van der Waals surface area (Å²) in [4.78, 5) is 16.2. The second-order valence-electron chi connectivity index (χ2n) is 5.04. The lowest BCUT2D eigenvalue weighted by atomic mass is 9.92. The molecule has 1 aliphatic rings. The maximum Gasteiger partial charge on any atom is 0.270 e. The third-order valence-electron chi connectivity index (χ3n) is 3.41. The number of hydrogen-bond acceptors (Lipinski definition) is 5. The van der Waals surface area contributed by atoms with Gasteiger partial charge in [0.15, 0.2) is 5.84 Å². The van der Waals surface area contributed by atoms with Crippen molar-refractivity contribution in [2.45, 2.75) is 25.3 Å². The Kier molecular flexibility index (Phi) is 4.19. The summed E-state index contributed by atoms with van der Waals surface area (Å²) < 4.78 is 5.29. The number of rotatable bonds is 3. The molecule has 20 heavy (non-hydrogen) atoms. The first-order chi connectivity index (χ1) is 9.54. The minimum Gasteiger partial charge on any atom is -0.409 e. The van der Waals surface area contributed by atoms with Crippen LogP contribution >= 0.6 is 0 Å². The number of oxime groups is 1. The van der Waals surface area contributed by atoms with Crippen molar-refractivity contribution in [3.05, 3.63) is 29.6 Å². The summed E-state index contributed by atoms with van der Waals surface area (Å²) in [5.74, 6) is -0.277. The van der Waals surface area contributed by atoms with Crippen LogP contribution in [0.25, 0.3) is 0 Å². The van der Waals surface area contributed by atoms with Crippen LogP contribution < -0.4 is 11.1 Å². The van der Waals surface area contributed by atoms with Gasteiger partial charge in [-0.25, -0.2) is 0 Å². The van der Waals surface area contributed by atoms with Gasteiger partial charge in [-0.3, -0.25) is 9.78 Å². The zero-order valence-corrected chi connectivity index (χ0v) is 11.3. The van der Waals surface area contributed by atoms with Gasteiger partial charge in [0.05, 0.1) is 0 Å². The first-order valence-corrected chi connectivity index (χ1v) is 6.38. The fourth-order valence-corrected chi connectivity index (χ4v) is 2.02. The lowest BCUT2D eigenvalue weighted by Gasteiger charge is -2.34. The van der Waals surface area contributed by atoms with Gasteiger partial charge in [-0.2, -0.15) is 0 Å². The fraction of sp³-hybridized carbons (Fsp3) is 0.462. The smallest absolute Gasteiger partial charge is 0.270 e. The molecule has 7 heteroatoms. The highest BCUT2D eigenvalue weighted by molar-refractivity contribution is 5.98. The van der Waals surface area contributed by atoms with Gasteiger partial charge in [-0.15, -0.1) is 0 Å². The number of carbonyl (C=O) groups excluding carboxylic acids is 1. The average molecular weight is 278 g/mol. The Morgan fingerprint density at radius 1 is 1.50 bits per heavy atom. The molecule has 2 rings (SSSR count). The van der Waals surface area contributed by atoms with Crippen LogP contribution in [0.15, 0.2) is 23.5 Å². The number of nitrogens with one attached hydrogen (secondary N) is 1. The van der Waals surface area contributed by atoms with Crippen LogP contribution in [0.3, 0.4) is 0 Å². The summed E-state index contributed by atoms with van der Waals surface area (Å²) in [7, 11) is 0. The zero-order chi connectivity index (χ0) is 14.6. The molecule has 0 radical (unpaired) electrons. The molecular formula is C13H18N4O3. The van der Waals surface area contributed by atoms with E-state index in [-0.39, 0.29) is 17.3 Å². The molecule has 1 saturated heterocycles. The van der Waals surface area contributed by atoms with Crippen molar-refractivity contribution in [1.29, 1.82) is 0 Å². The number of amides is 1. The Morgan fingerprint density at radius 3 is 2.75 bits per heavy atom. The van der Waals surface area contributed by atoms with Gasteiger partial charge >= 0.3 is 0 Å². The van der Waals surface area contributed by atoms with Crippen LogP contribution in [-0.2, 0) is 4.74 Å². The molecular weight excluding hydrogens is 260 g/mol. The summed E-state index contributed by atoms with van der Waals surface area (Å²) >= 11 is 0. The van der Waals surface area contributed by atoms with Gasteiger partial charge in [0.2, 0.25) is 0 Å². The number of nitrogens with zero attached hydrogens (tertiary/aromatic N) is 2. The first kappa shape index (κ1) is 14.3. The summed E-state index contributed by atoms with van der Waals surface area (Å²) in [5.41, 5.74) is 5.93. The zero-order valence-electron chi connectivity index (χ0n) is 11.3. The van der Waals surface area contributed by atoms with Gasteiger partial charge in [-0.05, 0) is 31.9 Å². The Balaban J connectivity index is 2.05. The quantitative estimate of drug-likeness (QED) is 0.322. The second kappa shape index (κ2) is 5.87. The molecule has 2 heterocycles. The van der Waals surface area contributed by atoms with Gasteiger partial charge in [0.1, 0.15) is 5.69 Å². The molecule has 4 N–H and O–H groups in total. The Morgan fingerprint density at radius 2 is 2.20 bits per heavy atom. The van der Waals surface area contributed by atoms with Crippen LogP contribution in [0.2, 0.25) is 0 Å². The van der Waals surface area contributed by atoms with E-state index < -0.39 is 0 Å². The lowest BCUT2D eigenvalue weighted by Crippen LogP contribution is -2.49. The molecule has 0 atom stereocenters. The highest BCUT2D eigenvalue weighted by Gasteiger charge is 2.29. The molecule has 1 aliphatic heterocycles. The van der Waals surface area contributed by atoms with E-state index in [4.69, 9.17) is 15.7 Å². The molecule has 1 aromatic rings. The van der Waals surface area contributed by atoms with Crippen LogP contribution in [0.4, 0.5) is 0 Å². The van der Waals surface area contributed by atoms with Crippen molar-refractivity contribution in [3.8, 4) is 0 Å². The Hall–Kier alpha value is -2.15. The molecule has 0 spiro atoms. The number of ether oxygens (including phenoxy) is 1. The minimum absolute atomic E-state index is 0.0409.